The van der Waals surface area contributed by atoms with E-state index in [0.717, 1.165) is 18.0 Å². The van der Waals surface area contributed by atoms with Crippen LogP contribution in [0.1, 0.15) is 13.8 Å². The highest BCUT2D eigenvalue weighted by Crippen LogP contribution is 2.44. The molecule has 3 heteroatoms. The molecule has 0 bridgehead atoms. The number of fused-ring (bicyclic) bond motifs is 2. The zero-order chi connectivity index (χ0) is 13.2. The quantitative estimate of drug-likeness (QED) is 0.730. The molecule has 1 aliphatic rings. The van der Waals surface area contributed by atoms with Crippen molar-refractivity contribution in [2.45, 2.75) is 23.6 Å². The van der Waals surface area contributed by atoms with E-state index in [1.165, 1.54) is 15.5 Å². The number of para-hydroxylation sites is 1. The predicted octanol–water partition coefficient (Wildman–Crippen LogP) is 4.93. The molecule has 19 heavy (non-hydrogen) atoms. The second-order valence-electron chi connectivity index (χ2n) is 5.09. The molecule has 0 aromatic heterocycles. The van der Waals surface area contributed by atoms with Crippen LogP contribution in [0.2, 0.25) is 0 Å². The van der Waals surface area contributed by atoms with Gasteiger partial charge in [-0.3, -0.25) is 0 Å². The summed E-state index contributed by atoms with van der Waals surface area (Å²) < 4.78 is 5.77. The Bertz CT molecular complexity index is 595. The van der Waals surface area contributed by atoms with Gasteiger partial charge in [-0.05, 0) is 30.2 Å². The van der Waals surface area contributed by atoms with Gasteiger partial charge in [0, 0.05) is 15.9 Å². The molecule has 0 amide bonds. The first-order valence-corrected chi connectivity index (χ1v) is 7.35. The summed E-state index contributed by atoms with van der Waals surface area (Å²) in [6.45, 7) is 5.06. The molecule has 2 aromatic rings. The summed E-state index contributed by atoms with van der Waals surface area (Å²) >= 11 is 1.80. The van der Waals surface area contributed by atoms with E-state index >= 15 is 0 Å². The Kier molecular flexibility index (Phi) is 3.38. The fourth-order valence-electron chi connectivity index (χ4n) is 1.97. The molecule has 98 valence electrons. The van der Waals surface area contributed by atoms with E-state index in [1.807, 2.05) is 6.07 Å². The van der Waals surface area contributed by atoms with E-state index in [9.17, 15) is 0 Å². The molecule has 0 radical (unpaired) electrons. The maximum atomic E-state index is 5.77. The van der Waals surface area contributed by atoms with Gasteiger partial charge in [0.05, 0.1) is 18.0 Å². The number of hydrogen-bond donors (Lipinski definition) is 1. The summed E-state index contributed by atoms with van der Waals surface area (Å²) in [6.07, 6.45) is 0. The van der Waals surface area contributed by atoms with Gasteiger partial charge in [0.2, 0.25) is 0 Å². The first-order valence-electron chi connectivity index (χ1n) is 6.53. The van der Waals surface area contributed by atoms with Gasteiger partial charge >= 0.3 is 0 Å². The van der Waals surface area contributed by atoms with E-state index < -0.39 is 0 Å². The third-order valence-corrected chi connectivity index (χ3v) is 4.06. The minimum Gasteiger partial charge on any atom is -0.493 e. The average molecular weight is 271 g/mol. The van der Waals surface area contributed by atoms with Crippen molar-refractivity contribution < 1.29 is 4.74 Å². The van der Waals surface area contributed by atoms with Crippen molar-refractivity contribution in [3.63, 3.8) is 0 Å². The molecule has 0 fully saturated rings. The third-order valence-electron chi connectivity index (χ3n) is 2.91. The van der Waals surface area contributed by atoms with Crippen LogP contribution in [0.15, 0.2) is 52.3 Å². The Morgan fingerprint density at radius 2 is 1.84 bits per heavy atom. The lowest BCUT2D eigenvalue weighted by Crippen LogP contribution is -2.05. The van der Waals surface area contributed by atoms with Crippen molar-refractivity contribution in [3.8, 4) is 5.75 Å². The first-order chi connectivity index (χ1) is 9.22. The van der Waals surface area contributed by atoms with Gasteiger partial charge in [0.1, 0.15) is 5.75 Å². The van der Waals surface area contributed by atoms with Crippen molar-refractivity contribution in [2.24, 2.45) is 5.92 Å². The Labute approximate surface area is 118 Å². The Balaban J connectivity index is 1.84. The van der Waals surface area contributed by atoms with Crippen molar-refractivity contribution in [3.05, 3.63) is 42.5 Å². The second kappa shape index (κ2) is 5.17. The lowest BCUT2D eigenvalue weighted by molar-refractivity contribution is 0.271. The lowest BCUT2D eigenvalue weighted by atomic mass is 10.2. The fourth-order valence-corrected chi connectivity index (χ4v) is 2.94. The molecular formula is C16H17NOS. The minimum absolute atomic E-state index is 0.541. The summed E-state index contributed by atoms with van der Waals surface area (Å²) in [7, 11) is 0. The Morgan fingerprint density at radius 1 is 1.05 bits per heavy atom. The molecular weight excluding hydrogens is 254 g/mol. The molecule has 0 unspecified atom stereocenters. The zero-order valence-corrected chi connectivity index (χ0v) is 12.0. The number of rotatable bonds is 3. The monoisotopic (exact) mass is 271 g/mol. The molecule has 0 aliphatic carbocycles. The molecule has 1 aliphatic heterocycles. The highest BCUT2D eigenvalue weighted by Gasteiger charge is 2.15. The van der Waals surface area contributed by atoms with E-state index in [2.05, 4.69) is 55.6 Å². The highest BCUT2D eigenvalue weighted by atomic mass is 32.2. The number of benzene rings is 2. The largest absolute Gasteiger partial charge is 0.493 e. The molecule has 2 aromatic carbocycles. The topological polar surface area (TPSA) is 21.3 Å². The molecule has 2 nitrogen and oxygen atoms in total. The summed E-state index contributed by atoms with van der Waals surface area (Å²) in [5, 5.41) is 3.47. The zero-order valence-electron chi connectivity index (χ0n) is 11.1. The SMILES string of the molecule is CC(C)COc1ccc2c(c1)Nc1ccccc1S2. The maximum absolute atomic E-state index is 5.77. The van der Waals surface area contributed by atoms with Gasteiger partial charge in [-0.2, -0.15) is 0 Å². The highest BCUT2D eigenvalue weighted by molar-refractivity contribution is 7.99. The second-order valence-corrected chi connectivity index (χ2v) is 6.17. The lowest BCUT2D eigenvalue weighted by Gasteiger charge is -2.21. The molecule has 3 rings (SSSR count). The van der Waals surface area contributed by atoms with Gasteiger partial charge in [0.25, 0.3) is 0 Å². The average Bonchev–Trinajstić information content (AvgIpc) is 2.42. The molecule has 0 atom stereocenters. The normalized spacial score (nSPS) is 12.6. The number of ether oxygens (including phenoxy) is 1. The van der Waals surface area contributed by atoms with Crippen molar-refractivity contribution >= 4 is 23.1 Å². The fraction of sp³-hybridized carbons (Fsp3) is 0.250. The first kappa shape index (κ1) is 12.4. The molecule has 1 heterocycles. The van der Waals surface area contributed by atoms with Gasteiger partial charge in [-0.1, -0.05) is 37.7 Å². The molecule has 0 saturated carbocycles. The van der Waals surface area contributed by atoms with Gasteiger partial charge < -0.3 is 10.1 Å². The number of hydrogen-bond acceptors (Lipinski definition) is 3. The summed E-state index contributed by atoms with van der Waals surface area (Å²) in [6, 6.07) is 14.6. The van der Waals surface area contributed by atoms with Crippen LogP contribution in [0.25, 0.3) is 0 Å². The number of nitrogens with one attached hydrogen (secondary N) is 1. The van der Waals surface area contributed by atoms with E-state index in [-0.39, 0.29) is 0 Å². The van der Waals surface area contributed by atoms with Crippen LogP contribution in [0.5, 0.6) is 5.75 Å². The van der Waals surface area contributed by atoms with E-state index in [4.69, 9.17) is 4.74 Å². The Morgan fingerprint density at radius 3 is 2.68 bits per heavy atom. The van der Waals surface area contributed by atoms with Crippen LogP contribution in [-0.4, -0.2) is 6.61 Å². The standard InChI is InChI=1S/C16H17NOS/c1-11(2)10-18-12-7-8-16-14(9-12)17-13-5-3-4-6-15(13)19-16/h3-9,11,17H,10H2,1-2H3. The van der Waals surface area contributed by atoms with E-state index in [1.54, 1.807) is 11.8 Å². The van der Waals surface area contributed by atoms with Crippen molar-refractivity contribution in [1.82, 2.24) is 0 Å². The van der Waals surface area contributed by atoms with Crippen LogP contribution in [0, 0.1) is 5.92 Å². The number of anilines is 2. The summed E-state index contributed by atoms with van der Waals surface area (Å²) in [5.41, 5.74) is 2.30. The van der Waals surface area contributed by atoms with Crippen LogP contribution in [-0.2, 0) is 0 Å². The Hall–Kier alpha value is -1.61. The van der Waals surface area contributed by atoms with Crippen LogP contribution in [0.3, 0.4) is 0 Å². The minimum atomic E-state index is 0.541. The summed E-state index contributed by atoms with van der Waals surface area (Å²) in [5.74, 6) is 1.47. The van der Waals surface area contributed by atoms with Gasteiger partial charge in [0.15, 0.2) is 0 Å². The molecule has 0 saturated heterocycles. The van der Waals surface area contributed by atoms with Crippen LogP contribution >= 0.6 is 11.8 Å². The van der Waals surface area contributed by atoms with Crippen LogP contribution < -0.4 is 10.1 Å². The van der Waals surface area contributed by atoms with E-state index in [0.29, 0.717) is 5.92 Å². The van der Waals surface area contributed by atoms with Crippen molar-refractivity contribution in [1.29, 1.82) is 0 Å². The maximum Gasteiger partial charge on any atom is 0.121 e. The smallest absolute Gasteiger partial charge is 0.121 e. The molecule has 0 spiro atoms. The van der Waals surface area contributed by atoms with Crippen molar-refractivity contribution in [2.75, 3.05) is 11.9 Å². The van der Waals surface area contributed by atoms with Gasteiger partial charge in [-0.15, -0.1) is 0 Å². The van der Waals surface area contributed by atoms with Gasteiger partial charge in [-0.25, -0.2) is 0 Å². The summed E-state index contributed by atoms with van der Waals surface area (Å²) in [4.78, 5) is 2.52. The third kappa shape index (κ3) is 2.71. The van der Waals surface area contributed by atoms with Crippen LogP contribution in [0.4, 0.5) is 11.4 Å². The molecule has 1 N–H and O–H groups in total. The predicted molar refractivity (Wildman–Crippen MR) is 80.6 cm³/mol.